The van der Waals surface area contributed by atoms with Crippen LogP contribution in [-0.4, -0.2) is 34.8 Å². The van der Waals surface area contributed by atoms with Crippen LogP contribution in [-0.2, 0) is 0 Å². The zero-order valence-electron chi connectivity index (χ0n) is 15.9. The van der Waals surface area contributed by atoms with Gasteiger partial charge in [0.15, 0.2) is 5.82 Å². The molecule has 3 atom stereocenters. The molecule has 2 aliphatic carbocycles. The molecule has 6 nitrogen and oxygen atoms in total. The average molecular weight is 403 g/mol. The smallest absolute Gasteiger partial charge is 0.341 e. The number of nitrogens with zero attached hydrogens (tertiary/aromatic N) is 2. The van der Waals surface area contributed by atoms with Crippen LogP contribution in [0.1, 0.15) is 48.5 Å². The van der Waals surface area contributed by atoms with Crippen LogP contribution in [0.2, 0.25) is 0 Å². The van der Waals surface area contributed by atoms with E-state index in [1.165, 1.54) is 10.8 Å². The van der Waals surface area contributed by atoms with E-state index in [0.29, 0.717) is 19.0 Å². The Kier molecular flexibility index (Phi) is 4.17. The van der Waals surface area contributed by atoms with Crippen molar-refractivity contribution < 1.29 is 18.7 Å². The molecule has 8 heteroatoms. The van der Waals surface area contributed by atoms with E-state index in [9.17, 15) is 14.7 Å². The number of fused-ring (bicyclic) bond motifs is 2. The number of halogens is 2. The maximum atomic E-state index is 15.7. The van der Waals surface area contributed by atoms with Crippen LogP contribution in [0.15, 0.2) is 17.1 Å². The van der Waals surface area contributed by atoms with Crippen LogP contribution in [0.5, 0.6) is 0 Å². The van der Waals surface area contributed by atoms with Crippen molar-refractivity contribution in [3.8, 4) is 0 Å². The summed E-state index contributed by atoms with van der Waals surface area (Å²) in [5, 5.41) is 9.12. The molecule has 29 heavy (non-hydrogen) atoms. The number of aromatic nitrogens is 1. The second-order valence-electron chi connectivity index (χ2n) is 8.66. The molecule has 2 aromatic rings. The molecule has 2 saturated carbocycles. The molecule has 154 valence electrons. The summed E-state index contributed by atoms with van der Waals surface area (Å²) < 4.78 is 32.3. The molecule has 0 unspecified atom stereocenters. The van der Waals surface area contributed by atoms with Gasteiger partial charge < -0.3 is 20.3 Å². The maximum Gasteiger partial charge on any atom is 0.341 e. The Morgan fingerprint density at radius 2 is 1.93 bits per heavy atom. The first-order valence-electron chi connectivity index (χ1n) is 10.2. The van der Waals surface area contributed by atoms with Gasteiger partial charge in [-0.15, -0.1) is 0 Å². The lowest BCUT2D eigenvalue weighted by molar-refractivity contribution is 0.0695. The first kappa shape index (κ1) is 18.5. The number of aromatic carboxylic acids is 1. The minimum Gasteiger partial charge on any atom is -0.477 e. The predicted octanol–water partition coefficient (Wildman–Crippen LogP) is 2.88. The Morgan fingerprint density at radius 3 is 2.59 bits per heavy atom. The average Bonchev–Trinajstić information content (AvgIpc) is 3.42. The van der Waals surface area contributed by atoms with Crippen LogP contribution < -0.4 is 16.1 Å². The Labute approximate surface area is 165 Å². The van der Waals surface area contributed by atoms with Crippen molar-refractivity contribution >= 4 is 22.6 Å². The van der Waals surface area contributed by atoms with Gasteiger partial charge in [-0.05, 0) is 43.6 Å². The van der Waals surface area contributed by atoms with E-state index in [-0.39, 0.29) is 34.6 Å². The van der Waals surface area contributed by atoms with E-state index in [2.05, 4.69) is 0 Å². The van der Waals surface area contributed by atoms with Crippen molar-refractivity contribution in [2.75, 3.05) is 18.0 Å². The van der Waals surface area contributed by atoms with Gasteiger partial charge in [-0.3, -0.25) is 4.79 Å². The second kappa shape index (κ2) is 6.52. The van der Waals surface area contributed by atoms with E-state index in [1.807, 2.05) is 0 Å². The summed E-state index contributed by atoms with van der Waals surface area (Å²) in [5.74, 6) is -2.49. The molecule has 1 saturated heterocycles. The molecule has 0 amide bonds. The summed E-state index contributed by atoms with van der Waals surface area (Å²) in [6.07, 6.45) is 5.70. The van der Waals surface area contributed by atoms with Gasteiger partial charge in [-0.1, -0.05) is 6.42 Å². The van der Waals surface area contributed by atoms with Crippen molar-refractivity contribution in [1.82, 2.24) is 4.57 Å². The Morgan fingerprint density at radius 1 is 1.17 bits per heavy atom. The topological polar surface area (TPSA) is 88.6 Å². The zero-order valence-corrected chi connectivity index (χ0v) is 15.9. The highest BCUT2D eigenvalue weighted by Gasteiger charge is 2.41. The lowest BCUT2D eigenvalue weighted by Gasteiger charge is -2.29. The van der Waals surface area contributed by atoms with Crippen molar-refractivity contribution in [1.29, 1.82) is 0 Å². The lowest BCUT2D eigenvalue weighted by Crippen LogP contribution is -2.38. The zero-order chi connectivity index (χ0) is 20.4. The number of anilines is 1. The third kappa shape index (κ3) is 2.84. The highest BCUT2D eigenvalue weighted by Crippen LogP contribution is 2.42. The number of rotatable bonds is 3. The summed E-state index contributed by atoms with van der Waals surface area (Å²) >= 11 is 0. The first-order valence-corrected chi connectivity index (χ1v) is 10.2. The normalized spacial score (nSPS) is 26.7. The van der Waals surface area contributed by atoms with Crippen LogP contribution in [0.25, 0.3) is 10.9 Å². The van der Waals surface area contributed by atoms with Gasteiger partial charge in [0.25, 0.3) is 0 Å². The van der Waals surface area contributed by atoms with E-state index >= 15 is 8.78 Å². The predicted molar refractivity (Wildman–Crippen MR) is 104 cm³/mol. The maximum absolute atomic E-state index is 15.7. The quantitative estimate of drug-likeness (QED) is 0.823. The molecule has 5 rings (SSSR count). The third-order valence-corrected chi connectivity index (χ3v) is 6.82. The van der Waals surface area contributed by atoms with E-state index in [0.717, 1.165) is 38.2 Å². The molecule has 3 N–H and O–H groups in total. The molecule has 0 radical (unpaired) electrons. The van der Waals surface area contributed by atoms with Crippen LogP contribution in [0.3, 0.4) is 0 Å². The molecule has 1 aromatic heterocycles. The number of carboxylic acids is 1. The van der Waals surface area contributed by atoms with E-state index in [1.54, 1.807) is 4.90 Å². The number of carbonyl (C=O) groups is 1. The Balaban J connectivity index is 1.68. The summed E-state index contributed by atoms with van der Waals surface area (Å²) in [4.78, 5) is 25.8. The molecular weight excluding hydrogens is 380 g/mol. The number of hydrogen-bond acceptors (Lipinski definition) is 4. The van der Waals surface area contributed by atoms with Gasteiger partial charge >= 0.3 is 5.97 Å². The summed E-state index contributed by atoms with van der Waals surface area (Å²) in [6, 6.07) is 0.968. The number of benzene rings is 1. The van der Waals surface area contributed by atoms with E-state index in [4.69, 9.17) is 5.73 Å². The molecule has 0 spiro atoms. The standard InChI is InChI=1S/C21H23F2N3O3/c22-15-6-12-18(26(11-4-5-11)9-14(20(12)27)21(28)29)17(23)19(15)25-7-10-2-1-3-16(24)13(10)8-25/h6,9-11,13,16H,1-5,7-8,24H2,(H,28,29)/t10-,13+,16+/m0/s1. The SMILES string of the molecule is N[C@@H]1CCC[C@H]2CN(c3c(F)cc4c(=O)c(C(=O)O)cn(C5CC5)c4c3F)C[C@H]21. The number of pyridine rings is 1. The molecule has 1 aliphatic heterocycles. The first-order chi connectivity index (χ1) is 13.9. The molecule has 2 heterocycles. The fraction of sp³-hybridized carbons (Fsp3) is 0.524. The number of carboxylic acid groups (broad SMARTS) is 1. The Hall–Kier alpha value is -2.48. The minimum atomic E-state index is -1.39. The van der Waals surface area contributed by atoms with Gasteiger partial charge in [-0.25, -0.2) is 13.6 Å². The molecule has 3 fully saturated rings. The van der Waals surface area contributed by atoms with Crippen molar-refractivity contribution in [2.45, 2.75) is 44.2 Å². The van der Waals surface area contributed by atoms with Gasteiger partial charge in [0, 0.05) is 31.4 Å². The minimum absolute atomic E-state index is 0.00179. The van der Waals surface area contributed by atoms with Gasteiger partial charge in [-0.2, -0.15) is 0 Å². The largest absolute Gasteiger partial charge is 0.477 e. The third-order valence-electron chi connectivity index (χ3n) is 6.82. The Bertz CT molecular complexity index is 1080. The van der Waals surface area contributed by atoms with Crippen molar-refractivity contribution in [3.63, 3.8) is 0 Å². The number of nitrogens with two attached hydrogens (primary N) is 1. The molecule has 0 bridgehead atoms. The van der Waals surface area contributed by atoms with E-state index < -0.39 is 28.6 Å². The van der Waals surface area contributed by atoms with Crippen LogP contribution in [0.4, 0.5) is 14.5 Å². The fourth-order valence-electron chi connectivity index (χ4n) is 5.21. The molecule has 1 aromatic carbocycles. The van der Waals surface area contributed by atoms with Crippen molar-refractivity contribution in [2.24, 2.45) is 17.6 Å². The highest BCUT2D eigenvalue weighted by atomic mass is 19.1. The van der Waals surface area contributed by atoms with Gasteiger partial charge in [0.05, 0.1) is 10.9 Å². The second-order valence-corrected chi connectivity index (χ2v) is 8.66. The number of hydrogen-bond donors (Lipinski definition) is 2. The highest BCUT2D eigenvalue weighted by molar-refractivity contribution is 5.94. The monoisotopic (exact) mass is 403 g/mol. The van der Waals surface area contributed by atoms with Crippen LogP contribution in [0, 0.1) is 23.5 Å². The molecular formula is C21H23F2N3O3. The van der Waals surface area contributed by atoms with Crippen molar-refractivity contribution in [3.05, 3.63) is 39.7 Å². The fourth-order valence-corrected chi connectivity index (χ4v) is 5.21. The molecule has 3 aliphatic rings. The summed E-state index contributed by atoms with van der Waals surface area (Å²) in [7, 11) is 0. The lowest BCUT2D eigenvalue weighted by atomic mass is 9.78. The summed E-state index contributed by atoms with van der Waals surface area (Å²) in [5.41, 5.74) is 4.80. The van der Waals surface area contributed by atoms with Crippen LogP contribution >= 0.6 is 0 Å². The van der Waals surface area contributed by atoms with Gasteiger partial charge in [0.2, 0.25) is 5.43 Å². The summed E-state index contributed by atoms with van der Waals surface area (Å²) in [6.45, 7) is 1.03. The van der Waals surface area contributed by atoms with Gasteiger partial charge in [0.1, 0.15) is 17.1 Å².